The van der Waals surface area contributed by atoms with Crippen LogP contribution < -0.4 is 10.2 Å². The van der Waals surface area contributed by atoms with Crippen LogP contribution in [0.1, 0.15) is 27.2 Å². The van der Waals surface area contributed by atoms with Gasteiger partial charge in [-0.15, -0.1) is 0 Å². The van der Waals surface area contributed by atoms with Crippen LogP contribution in [0.25, 0.3) is 11.2 Å². The molecule has 1 amide bonds. The molecule has 0 aliphatic rings. The normalized spacial score (nSPS) is 12.4. The van der Waals surface area contributed by atoms with Crippen LogP contribution in [0.3, 0.4) is 0 Å². The summed E-state index contributed by atoms with van der Waals surface area (Å²) in [7, 11) is -1.72. The van der Waals surface area contributed by atoms with Crippen molar-refractivity contribution in [1.29, 1.82) is 0 Å². The van der Waals surface area contributed by atoms with Crippen LogP contribution in [0.4, 0.5) is 5.95 Å². The molecule has 0 aliphatic carbocycles. The highest BCUT2D eigenvalue weighted by molar-refractivity contribution is 6.74. The number of imidazole rings is 1. The average Bonchev–Trinajstić information content (AvgIpc) is 2.89. The van der Waals surface area contributed by atoms with Crippen molar-refractivity contribution in [2.45, 2.75) is 45.3 Å². The number of anilines is 1. The Bertz CT molecular complexity index is 696. The molecule has 0 saturated carbocycles. The number of hydrogen-bond donors (Lipinski definition) is 1. The van der Waals surface area contributed by atoms with Crippen LogP contribution in [-0.2, 0) is 9.22 Å². The Labute approximate surface area is 142 Å². The monoisotopic (exact) mass is 351 g/mol. The number of carbonyl (C=O) groups is 1. The summed E-state index contributed by atoms with van der Waals surface area (Å²) in [6.07, 6.45) is 4.38. The van der Waals surface area contributed by atoms with Gasteiger partial charge in [-0.1, -0.05) is 20.8 Å². The zero-order valence-electron chi connectivity index (χ0n) is 14.9. The van der Waals surface area contributed by atoms with Crippen LogP contribution in [0.2, 0.25) is 18.1 Å². The number of carbonyl (C=O) groups excluding carboxylic acids is 1. The number of aromatic nitrogens is 4. The van der Waals surface area contributed by atoms with Crippen molar-refractivity contribution in [2.24, 2.45) is 0 Å². The summed E-state index contributed by atoms with van der Waals surface area (Å²) >= 11 is 0. The standard InChI is InChI=1S/C15H25N5O3Si/c1-15(2,3)24(4,5)23-8-6-7-22-20-10-17-12-9-16-14(18-11-21)19-13(12)20/h9-11H,6-8H2,1-5H3,(H,16,18,19,21). The van der Waals surface area contributed by atoms with Crippen LogP contribution in [0.15, 0.2) is 12.5 Å². The fourth-order valence-electron chi connectivity index (χ4n) is 1.77. The summed E-state index contributed by atoms with van der Waals surface area (Å²) in [6, 6.07) is 0. The van der Waals surface area contributed by atoms with E-state index >= 15 is 0 Å². The fourth-order valence-corrected chi connectivity index (χ4v) is 2.86. The second kappa shape index (κ2) is 7.26. The zero-order chi connectivity index (χ0) is 17.8. The van der Waals surface area contributed by atoms with Crippen LogP contribution in [0.5, 0.6) is 0 Å². The topological polar surface area (TPSA) is 91.2 Å². The molecule has 0 radical (unpaired) electrons. The van der Waals surface area contributed by atoms with Gasteiger partial charge < -0.3 is 9.26 Å². The minimum absolute atomic E-state index is 0.202. The second-order valence-electron chi connectivity index (χ2n) is 7.03. The van der Waals surface area contributed by atoms with Gasteiger partial charge in [-0.05, 0) is 18.1 Å². The van der Waals surface area contributed by atoms with Crippen molar-refractivity contribution in [1.82, 2.24) is 19.7 Å². The molecule has 0 aliphatic heterocycles. The zero-order valence-corrected chi connectivity index (χ0v) is 15.9. The van der Waals surface area contributed by atoms with E-state index in [1.54, 1.807) is 6.33 Å². The van der Waals surface area contributed by atoms with Crippen molar-refractivity contribution in [2.75, 3.05) is 18.5 Å². The van der Waals surface area contributed by atoms with Gasteiger partial charge in [0, 0.05) is 13.0 Å². The molecule has 2 aromatic heterocycles. The Kier molecular flexibility index (Phi) is 5.55. The molecule has 8 nitrogen and oxygen atoms in total. The molecule has 2 rings (SSSR count). The van der Waals surface area contributed by atoms with E-state index in [9.17, 15) is 4.79 Å². The largest absolute Gasteiger partial charge is 0.417 e. The lowest BCUT2D eigenvalue weighted by molar-refractivity contribution is -0.105. The van der Waals surface area contributed by atoms with Crippen LogP contribution in [-0.4, -0.2) is 47.6 Å². The third kappa shape index (κ3) is 4.29. The molecule has 0 spiro atoms. The van der Waals surface area contributed by atoms with Gasteiger partial charge in [0.25, 0.3) is 0 Å². The lowest BCUT2D eigenvalue weighted by atomic mass is 10.2. The molecule has 24 heavy (non-hydrogen) atoms. The smallest absolute Gasteiger partial charge is 0.231 e. The maximum Gasteiger partial charge on any atom is 0.231 e. The summed E-state index contributed by atoms with van der Waals surface area (Å²) in [5, 5.41) is 2.61. The lowest BCUT2D eigenvalue weighted by Gasteiger charge is -2.36. The van der Waals surface area contributed by atoms with Crippen molar-refractivity contribution >= 4 is 31.8 Å². The highest BCUT2D eigenvalue weighted by Gasteiger charge is 2.36. The van der Waals surface area contributed by atoms with E-state index in [1.165, 1.54) is 10.9 Å². The summed E-state index contributed by atoms with van der Waals surface area (Å²) in [6.45, 7) is 12.3. The third-order valence-corrected chi connectivity index (χ3v) is 8.77. The van der Waals surface area contributed by atoms with Gasteiger partial charge in [0.15, 0.2) is 8.32 Å². The first kappa shape index (κ1) is 18.3. The van der Waals surface area contributed by atoms with Gasteiger partial charge >= 0.3 is 0 Å². The summed E-state index contributed by atoms with van der Waals surface area (Å²) in [4.78, 5) is 28.5. The molecule has 2 aromatic rings. The highest BCUT2D eigenvalue weighted by Crippen LogP contribution is 2.36. The van der Waals surface area contributed by atoms with Crippen LogP contribution in [0, 0.1) is 0 Å². The summed E-state index contributed by atoms with van der Waals surface area (Å²) in [5.74, 6) is 0.212. The van der Waals surface area contributed by atoms with Gasteiger partial charge in [0.1, 0.15) is 18.5 Å². The Morgan fingerprint density at radius 1 is 1.29 bits per heavy atom. The molecule has 0 bridgehead atoms. The van der Waals surface area contributed by atoms with Gasteiger partial charge in [0.2, 0.25) is 18.0 Å². The minimum atomic E-state index is -1.72. The molecule has 0 aromatic carbocycles. The van der Waals surface area contributed by atoms with Crippen molar-refractivity contribution in [3.63, 3.8) is 0 Å². The van der Waals surface area contributed by atoms with E-state index < -0.39 is 8.32 Å². The van der Waals surface area contributed by atoms with E-state index in [1.807, 2.05) is 0 Å². The molecule has 132 valence electrons. The lowest BCUT2D eigenvalue weighted by Crippen LogP contribution is -2.41. The minimum Gasteiger partial charge on any atom is -0.417 e. The SMILES string of the molecule is CC(C)(C)[Si](C)(C)OCCCOn1cnc2cnc(NC=O)nc21. The Hall–Kier alpha value is -2.00. The number of amides is 1. The predicted molar refractivity (Wildman–Crippen MR) is 94.2 cm³/mol. The average molecular weight is 351 g/mol. The second-order valence-corrected chi connectivity index (χ2v) is 11.8. The molecule has 9 heteroatoms. The molecular weight excluding hydrogens is 326 g/mol. The Balaban J connectivity index is 1.88. The number of fused-ring (bicyclic) bond motifs is 1. The van der Waals surface area contributed by atoms with E-state index in [-0.39, 0.29) is 11.0 Å². The first-order chi connectivity index (χ1) is 11.2. The van der Waals surface area contributed by atoms with Crippen molar-refractivity contribution < 1.29 is 14.1 Å². The maximum absolute atomic E-state index is 10.5. The molecule has 0 unspecified atom stereocenters. The van der Waals surface area contributed by atoms with E-state index in [0.29, 0.717) is 30.8 Å². The van der Waals surface area contributed by atoms with Gasteiger partial charge in [0.05, 0.1) is 6.20 Å². The first-order valence-corrected chi connectivity index (χ1v) is 10.8. The summed E-state index contributed by atoms with van der Waals surface area (Å²) < 4.78 is 7.60. The number of nitrogens with one attached hydrogen (secondary N) is 1. The Morgan fingerprint density at radius 3 is 2.71 bits per heavy atom. The fraction of sp³-hybridized carbons (Fsp3) is 0.600. The molecular formula is C15H25N5O3Si. The molecule has 1 N–H and O–H groups in total. The van der Waals surface area contributed by atoms with Gasteiger partial charge in [-0.25, -0.2) is 9.97 Å². The molecule has 0 fully saturated rings. The summed E-state index contributed by atoms with van der Waals surface area (Å²) in [5.41, 5.74) is 1.11. The highest BCUT2D eigenvalue weighted by atomic mass is 28.4. The quantitative estimate of drug-likeness (QED) is 0.445. The first-order valence-electron chi connectivity index (χ1n) is 7.92. The van der Waals surface area contributed by atoms with E-state index in [2.05, 4.69) is 54.1 Å². The van der Waals surface area contributed by atoms with Crippen LogP contribution >= 0.6 is 0 Å². The maximum atomic E-state index is 10.5. The number of nitrogens with zero attached hydrogens (tertiary/aromatic N) is 4. The Morgan fingerprint density at radius 2 is 2.04 bits per heavy atom. The van der Waals surface area contributed by atoms with Gasteiger partial charge in [-0.2, -0.15) is 9.71 Å². The number of hydrogen-bond acceptors (Lipinski definition) is 6. The number of rotatable bonds is 8. The van der Waals surface area contributed by atoms with E-state index in [4.69, 9.17) is 9.26 Å². The molecule has 2 heterocycles. The van der Waals surface area contributed by atoms with Gasteiger partial charge in [-0.3, -0.25) is 10.1 Å². The molecule has 0 atom stereocenters. The molecule has 0 saturated heterocycles. The van der Waals surface area contributed by atoms with E-state index in [0.717, 1.165) is 6.42 Å². The van der Waals surface area contributed by atoms with Crippen molar-refractivity contribution in [3.05, 3.63) is 12.5 Å². The van der Waals surface area contributed by atoms with Crippen molar-refractivity contribution in [3.8, 4) is 0 Å². The predicted octanol–water partition coefficient (Wildman–Crippen LogP) is 2.24. The third-order valence-electron chi connectivity index (χ3n) is 4.24.